The summed E-state index contributed by atoms with van der Waals surface area (Å²) < 4.78 is 5.48. The van der Waals surface area contributed by atoms with Crippen LogP contribution in [0.4, 0.5) is 0 Å². The number of carbonyl (C=O) groups is 3. The van der Waals surface area contributed by atoms with Gasteiger partial charge in [0.05, 0.1) is 18.4 Å². The summed E-state index contributed by atoms with van der Waals surface area (Å²) in [6.45, 7) is 4.63. The number of hydrogen-bond acceptors (Lipinski definition) is 4. The summed E-state index contributed by atoms with van der Waals surface area (Å²) in [5.41, 5.74) is 0. The van der Waals surface area contributed by atoms with Crippen molar-refractivity contribution in [1.29, 1.82) is 0 Å². The average molecular weight is 336 g/mol. The van der Waals surface area contributed by atoms with E-state index < -0.39 is 0 Å². The number of hydrogen-bond donors (Lipinski definition) is 0. The topological polar surface area (TPSA) is 66.9 Å². The quantitative estimate of drug-likeness (QED) is 0.713. The van der Waals surface area contributed by atoms with Crippen molar-refractivity contribution in [3.8, 4) is 0 Å². The highest BCUT2D eigenvalue weighted by Gasteiger charge is 2.48. The molecule has 0 aromatic rings. The van der Waals surface area contributed by atoms with Crippen LogP contribution in [-0.4, -0.2) is 60.4 Å². The van der Waals surface area contributed by atoms with Crippen LogP contribution in [-0.2, 0) is 19.1 Å². The Balaban J connectivity index is 1.58. The van der Waals surface area contributed by atoms with Crippen molar-refractivity contribution in [1.82, 2.24) is 9.80 Å². The van der Waals surface area contributed by atoms with Gasteiger partial charge in [-0.3, -0.25) is 19.3 Å². The van der Waals surface area contributed by atoms with Crippen molar-refractivity contribution in [2.24, 2.45) is 17.8 Å². The first-order valence-electron chi connectivity index (χ1n) is 9.32. The molecule has 0 N–H and O–H groups in total. The van der Waals surface area contributed by atoms with Gasteiger partial charge in [-0.25, -0.2) is 0 Å². The Labute approximate surface area is 143 Å². The van der Waals surface area contributed by atoms with Crippen molar-refractivity contribution in [3.05, 3.63) is 0 Å². The highest BCUT2D eigenvalue weighted by molar-refractivity contribution is 6.07. The molecule has 2 aliphatic heterocycles. The molecule has 0 aromatic heterocycles. The lowest BCUT2D eigenvalue weighted by Gasteiger charge is -2.33. The van der Waals surface area contributed by atoms with E-state index in [0.717, 1.165) is 38.5 Å². The number of carbonyl (C=O) groups excluding carboxylic acids is 3. The van der Waals surface area contributed by atoms with Gasteiger partial charge in [-0.1, -0.05) is 12.8 Å². The second kappa shape index (κ2) is 7.64. The molecule has 2 heterocycles. The van der Waals surface area contributed by atoms with Gasteiger partial charge in [0.2, 0.25) is 17.7 Å². The van der Waals surface area contributed by atoms with Gasteiger partial charge in [0.25, 0.3) is 0 Å². The van der Waals surface area contributed by atoms with Gasteiger partial charge in [-0.2, -0.15) is 0 Å². The number of likely N-dealkylation sites (tertiary alicyclic amines) is 2. The molecule has 0 spiro atoms. The van der Waals surface area contributed by atoms with Gasteiger partial charge in [0.1, 0.15) is 6.54 Å². The van der Waals surface area contributed by atoms with Crippen LogP contribution >= 0.6 is 0 Å². The van der Waals surface area contributed by atoms with E-state index in [1.54, 1.807) is 4.90 Å². The Morgan fingerprint density at radius 2 is 1.75 bits per heavy atom. The molecule has 3 aliphatic rings. The fourth-order valence-electron chi connectivity index (χ4n) is 4.33. The minimum atomic E-state index is -0.175. The predicted molar refractivity (Wildman–Crippen MR) is 88.0 cm³/mol. The van der Waals surface area contributed by atoms with Crippen LogP contribution in [0.15, 0.2) is 0 Å². The van der Waals surface area contributed by atoms with Gasteiger partial charge >= 0.3 is 0 Å². The molecule has 0 aromatic carbocycles. The van der Waals surface area contributed by atoms with E-state index in [1.807, 2.05) is 6.92 Å². The number of fused-ring (bicyclic) bond motifs is 1. The molecule has 3 unspecified atom stereocenters. The van der Waals surface area contributed by atoms with Gasteiger partial charge in [-0.15, -0.1) is 0 Å². The van der Waals surface area contributed by atoms with Crippen LogP contribution in [0.1, 0.15) is 45.4 Å². The van der Waals surface area contributed by atoms with Crippen molar-refractivity contribution in [2.75, 3.05) is 32.8 Å². The first-order valence-corrected chi connectivity index (χ1v) is 9.32. The Hall–Kier alpha value is -1.43. The van der Waals surface area contributed by atoms with E-state index in [1.165, 1.54) is 4.90 Å². The molecule has 1 saturated carbocycles. The molecular weight excluding hydrogens is 308 g/mol. The molecule has 0 radical (unpaired) electrons. The third-order valence-corrected chi connectivity index (χ3v) is 5.66. The molecule has 24 heavy (non-hydrogen) atoms. The summed E-state index contributed by atoms with van der Waals surface area (Å²) in [6.07, 6.45) is 5.62. The minimum absolute atomic E-state index is 0.0774. The smallest absolute Gasteiger partial charge is 0.242 e. The summed E-state index contributed by atoms with van der Waals surface area (Å²) in [5, 5.41) is 0. The van der Waals surface area contributed by atoms with Crippen molar-refractivity contribution in [3.63, 3.8) is 0 Å². The highest BCUT2D eigenvalue weighted by atomic mass is 16.5. The maximum absolute atomic E-state index is 12.6. The zero-order valence-electron chi connectivity index (χ0n) is 14.5. The zero-order valence-corrected chi connectivity index (χ0v) is 14.5. The summed E-state index contributed by atoms with van der Waals surface area (Å²) >= 11 is 0. The largest absolute Gasteiger partial charge is 0.381 e. The number of rotatable bonds is 5. The number of piperidine rings is 1. The monoisotopic (exact) mass is 336 g/mol. The molecule has 0 bridgehead atoms. The molecule has 1 aliphatic carbocycles. The van der Waals surface area contributed by atoms with Crippen molar-refractivity contribution < 1.29 is 19.1 Å². The predicted octanol–water partition coefficient (Wildman–Crippen LogP) is 1.44. The molecular formula is C18H28N2O4. The maximum Gasteiger partial charge on any atom is 0.242 e. The number of imide groups is 1. The highest BCUT2D eigenvalue weighted by Crippen LogP contribution is 2.37. The normalized spacial score (nSPS) is 30.6. The van der Waals surface area contributed by atoms with E-state index >= 15 is 0 Å². The summed E-state index contributed by atoms with van der Waals surface area (Å²) in [6, 6.07) is 0. The lowest BCUT2D eigenvalue weighted by molar-refractivity contribution is -0.147. The van der Waals surface area contributed by atoms with Crippen molar-refractivity contribution >= 4 is 17.7 Å². The van der Waals surface area contributed by atoms with Gasteiger partial charge in [-0.05, 0) is 38.5 Å². The van der Waals surface area contributed by atoms with E-state index in [0.29, 0.717) is 32.2 Å². The van der Waals surface area contributed by atoms with Crippen LogP contribution in [0.2, 0.25) is 0 Å². The molecule has 134 valence electrons. The molecule has 3 atom stereocenters. The maximum atomic E-state index is 12.6. The summed E-state index contributed by atoms with van der Waals surface area (Å²) in [5.74, 6) is -0.342. The van der Waals surface area contributed by atoms with Crippen molar-refractivity contribution in [2.45, 2.75) is 45.4 Å². The Bertz CT molecular complexity index is 483. The summed E-state index contributed by atoms with van der Waals surface area (Å²) in [4.78, 5) is 40.6. The second-order valence-electron chi connectivity index (χ2n) is 7.27. The van der Waals surface area contributed by atoms with E-state index in [2.05, 4.69) is 0 Å². The summed E-state index contributed by atoms with van der Waals surface area (Å²) in [7, 11) is 0. The third kappa shape index (κ3) is 3.48. The van der Waals surface area contributed by atoms with Gasteiger partial charge < -0.3 is 9.64 Å². The van der Waals surface area contributed by atoms with Crippen LogP contribution in [0.3, 0.4) is 0 Å². The lowest BCUT2D eigenvalue weighted by Crippen LogP contribution is -2.47. The first kappa shape index (κ1) is 17.4. The van der Waals surface area contributed by atoms with Crippen LogP contribution in [0.5, 0.6) is 0 Å². The molecule has 3 amide bonds. The SMILES string of the molecule is CCOCC1CCCN(C(=O)CN2C(=O)C3CCCCC3C2=O)C1. The van der Waals surface area contributed by atoms with Crippen LogP contribution in [0.25, 0.3) is 0 Å². The van der Waals surface area contributed by atoms with Gasteiger partial charge in [0.15, 0.2) is 0 Å². The second-order valence-corrected chi connectivity index (χ2v) is 7.27. The Morgan fingerprint density at radius 3 is 2.38 bits per heavy atom. The fourth-order valence-corrected chi connectivity index (χ4v) is 4.33. The van der Waals surface area contributed by atoms with Crippen LogP contribution in [0, 0.1) is 17.8 Å². The molecule has 3 rings (SSSR count). The standard InChI is InChI=1S/C18H28N2O4/c1-2-24-12-13-6-5-9-19(10-13)16(21)11-20-17(22)14-7-3-4-8-15(14)18(20)23/h13-15H,2-12H2,1H3. The number of nitrogens with zero attached hydrogens (tertiary/aromatic N) is 2. The molecule has 6 heteroatoms. The number of amides is 3. The third-order valence-electron chi connectivity index (χ3n) is 5.66. The Kier molecular flexibility index (Phi) is 5.54. The van der Waals surface area contributed by atoms with E-state index in [9.17, 15) is 14.4 Å². The fraction of sp³-hybridized carbons (Fsp3) is 0.833. The van der Waals surface area contributed by atoms with Gasteiger partial charge in [0, 0.05) is 19.7 Å². The number of ether oxygens (including phenoxy) is 1. The van der Waals surface area contributed by atoms with E-state index in [4.69, 9.17) is 4.74 Å². The molecule has 3 fully saturated rings. The Morgan fingerprint density at radius 1 is 1.08 bits per heavy atom. The molecule has 6 nitrogen and oxygen atoms in total. The first-order chi connectivity index (χ1) is 11.6. The minimum Gasteiger partial charge on any atom is -0.381 e. The van der Waals surface area contributed by atoms with E-state index in [-0.39, 0.29) is 36.1 Å². The average Bonchev–Trinajstić information content (AvgIpc) is 2.85. The van der Waals surface area contributed by atoms with Crippen LogP contribution < -0.4 is 0 Å². The zero-order chi connectivity index (χ0) is 17.1. The lowest BCUT2D eigenvalue weighted by atomic mass is 9.81. The molecule has 2 saturated heterocycles.